The Hall–Kier alpha value is -3.26. The number of rotatable bonds is 5. The fourth-order valence-electron chi connectivity index (χ4n) is 2.21. The van der Waals surface area contributed by atoms with Gasteiger partial charge in [-0.3, -0.25) is 10.1 Å². The molecule has 0 aliphatic heterocycles. The largest absolute Gasteiger partial charge is 0.465 e. The van der Waals surface area contributed by atoms with Crippen LogP contribution in [0.25, 0.3) is 11.3 Å². The zero-order valence-electron chi connectivity index (χ0n) is 13.1. The summed E-state index contributed by atoms with van der Waals surface area (Å²) in [5.74, 6) is -0.417. The van der Waals surface area contributed by atoms with Gasteiger partial charge < -0.3 is 10.1 Å². The van der Waals surface area contributed by atoms with E-state index in [1.165, 1.54) is 30.6 Å². The molecule has 0 amide bonds. The van der Waals surface area contributed by atoms with Crippen molar-refractivity contribution in [2.24, 2.45) is 0 Å². The first kappa shape index (κ1) is 16.6. The Morgan fingerprint density at radius 3 is 2.80 bits per heavy atom. The van der Waals surface area contributed by atoms with Gasteiger partial charge in [0.25, 0.3) is 5.69 Å². The zero-order valence-corrected chi connectivity index (χ0v) is 13.9. The first-order chi connectivity index (χ1) is 12.1. The van der Waals surface area contributed by atoms with Crippen molar-refractivity contribution >= 4 is 33.8 Å². The minimum absolute atomic E-state index is 0.0192. The van der Waals surface area contributed by atoms with E-state index in [1.807, 2.05) is 5.38 Å². The van der Waals surface area contributed by atoms with Crippen LogP contribution in [-0.4, -0.2) is 23.0 Å². The molecule has 0 fully saturated rings. The minimum atomic E-state index is -0.437. The molecular weight excluding hydrogens is 342 g/mol. The number of anilines is 2. The third-order valence-corrected chi connectivity index (χ3v) is 4.15. The second-order valence-electron chi connectivity index (χ2n) is 5.04. The smallest absolute Gasteiger partial charge is 0.337 e. The molecule has 0 radical (unpaired) electrons. The summed E-state index contributed by atoms with van der Waals surface area (Å²) in [5, 5.41) is 16.4. The highest BCUT2D eigenvalue weighted by molar-refractivity contribution is 7.14. The van der Waals surface area contributed by atoms with E-state index in [-0.39, 0.29) is 5.69 Å². The van der Waals surface area contributed by atoms with Gasteiger partial charge in [-0.1, -0.05) is 18.2 Å². The predicted octanol–water partition coefficient (Wildman–Crippen LogP) is 4.25. The molecular formula is C17H13N3O4S. The molecule has 0 atom stereocenters. The quantitative estimate of drug-likeness (QED) is 0.418. The van der Waals surface area contributed by atoms with E-state index in [4.69, 9.17) is 4.74 Å². The third-order valence-electron chi connectivity index (χ3n) is 3.39. The van der Waals surface area contributed by atoms with E-state index in [1.54, 1.807) is 36.4 Å². The molecule has 25 heavy (non-hydrogen) atoms. The number of nitrogens with one attached hydrogen (secondary N) is 1. The molecule has 7 nitrogen and oxygen atoms in total. The molecule has 0 bridgehead atoms. The summed E-state index contributed by atoms with van der Waals surface area (Å²) in [7, 11) is 1.33. The standard InChI is InChI=1S/C17H13N3O4S/c1-24-16(21)12-5-2-6-13(8-12)18-17-19-15(10-25-17)11-4-3-7-14(9-11)20(22)23/h2-10H,1H3,(H,18,19). The van der Waals surface area contributed by atoms with Gasteiger partial charge in [-0.25, -0.2) is 9.78 Å². The van der Waals surface area contributed by atoms with Crippen molar-refractivity contribution < 1.29 is 14.5 Å². The Balaban J connectivity index is 1.82. The normalized spacial score (nSPS) is 10.3. The molecule has 1 heterocycles. The molecule has 2 aromatic carbocycles. The Kier molecular flexibility index (Phi) is 4.71. The summed E-state index contributed by atoms with van der Waals surface area (Å²) in [6, 6.07) is 13.2. The monoisotopic (exact) mass is 355 g/mol. The fraction of sp³-hybridized carbons (Fsp3) is 0.0588. The number of carbonyl (C=O) groups is 1. The lowest BCUT2D eigenvalue weighted by Crippen LogP contribution is -2.01. The summed E-state index contributed by atoms with van der Waals surface area (Å²) < 4.78 is 4.70. The summed E-state index contributed by atoms with van der Waals surface area (Å²) in [6.45, 7) is 0. The van der Waals surface area contributed by atoms with Crippen LogP contribution in [0.5, 0.6) is 0 Å². The number of hydrogen-bond donors (Lipinski definition) is 1. The molecule has 0 aliphatic rings. The number of nitro groups is 1. The van der Waals surface area contributed by atoms with Crippen molar-refractivity contribution in [1.82, 2.24) is 4.98 Å². The van der Waals surface area contributed by atoms with Crippen LogP contribution in [0.2, 0.25) is 0 Å². The highest BCUT2D eigenvalue weighted by Gasteiger charge is 2.11. The maximum absolute atomic E-state index is 11.6. The number of nitro benzene ring substituents is 1. The average Bonchev–Trinajstić information content (AvgIpc) is 3.10. The Morgan fingerprint density at radius 2 is 2.04 bits per heavy atom. The number of methoxy groups -OCH3 is 1. The van der Waals surface area contributed by atoms with Gasteiger partial charge in [0.1, 0.15) is 0 Å². The Morgan fingerprint density at radius 1 is 1.24 bits per heavy atom. The molecule has 0 spiro atoms. The Labute approximate surface area is 147 Å². The molecule has 0 saturated carbocycles. The topological polar surface area (TPSA) is 94.4 Å². The van der Waals surface area contributed by atoms with E-state index < -0.39 is 10.9 Å². The first-order valence-electron chi connectivity index (χ1n) is 7.22. The summed E-state index contributed by atoms with van der Waals surface area (Å²) in [5.41, 5.74) is 2.46. The maximum Gasteiger partial charge on any atom is 0.337 e. The van der Waals surface area contributed by atoms with Gasteiger partial charge in [0.15, 0.2) is 5.13 Å². The van der Waals surface area contributed by atoms with Gasteiger partial charge in [-0.15, -0.1) is 11.3 Å². The lowest BCUT2D eigenvalue weighted by molar-refractivity contribution is -0.384. The maximum atomic E-state index is 11.6. The van der Waals surface area contributed by atoms with Crippen LogP contribution in [0.1, 0.15) is 10.4 Å². The summed E-state index contributed by atoms with van der Waals surface area (Å²) in [4.78, 5) is 26.5. The van der Waals surface area contributed by atoms with Crippen molar-refractivity contribution in [3.8, 4) is 11.3 Å². The van der Waals surface area contributed by atoms with E-state index >= 15 is 0 Å². The van der Waals surface area contributed by atoms with Crippen LogP contribution in [0.3, 0.4) is 0 Å². The second-order valence-corrected chi connectivity index (χ2v) is 5.90. The molecule has 1 N–H and O–H groups in total. The number of esters is 1. The zero-order chi connectivity index (χ0) is 17.8. The van der Waals surface area contributed by atoms with E-state index in [9.17, 15) is 14.9 Å². The van der Waals surface area contributed by atoms with Gasteiger partial charge in [-0.05, 0) is 18.2 Å². The van der Waals surface area contributed by atoms with Gasteiger partial charge in [0.2, 0.25) is 0 Å². The van der Waals surface area contributed by atoms with Crippen LogP contribution in [0.15, 0.2) is 53.9 Å². The first-order valence-corrected chi connectivity index (χ1v) is 8.10. The van der Waals surface area contributed by atoms with Crippen LogP contribution >= 0.6 is 11.3 Å². The number of hydrogen-bond acceptors (Lipinski definition) is 7. The molecule has 1 aromatic heterocycles. The summed E-state index contributed by atoms with van der Waals surface area (Å²) in [6.07, 6.45) is 0. The molecule has 0 saturated heterocycles. The van der Waals surface area contributed by atoms with Crippen molar-refractivity contribution in [3.05, 3.63) is 69.6 Å². The number of nitrogens with zero attached hydrogens (tertiary/aromatic N) is 2. The number of non-ortho nitro benzene ring substituents is 1. The molecule has 0 unspecified atom stereocenters. The van der Waals surface area contributed by atoms with Crippen LogP contribution in [0.4, 0.5) is 16.5 Å². The van der Waals surface area contributed by atoms with Gasteiger partial charge >= 0.3 is 5.97 Å². The molecule has 8 heteroatoms. The van der Waals surface area contributed by atoms with Gasteiger partial charge in [-0.2, -0.15) is 0 Å². The number of aromatic nitrogens is 1. The van der Waals surface area contributed by atoms with Crippen molar-refractivity contribution in [2.75, 3.05) is 12.4 Å². The highest BCUT2D eigenvalue weighted by Crippen LogP contribution is 2.29. The number of thiazole rings is 1. The molecule has 0 aliphatic carbocycles. The fourth-order valence-corrected chi connectivity index (χ4v) is 2.95. The molecule has 3 aromatic rings. The second kappa shape index (κ2) is 7.10. The van der Waals surface area contributed by atoms with Crippen molar-refractivity contribution in [2.45, 2.75) is 0 Å². The van der Waals surface area contributed by atoms with E-state index in [0.717, 1.165) is 0 Å². The summed E-state index contributed by atoms with van der Waals surface area (Å²) >= 11 is 1.37. The molecule has 3 rings (SSSR count). The Bertz CT molecular complexity index is 939. The lowest BCUT2D eigenvalue weighted by atomic mass is 10.1. The van der Waals surface area contributed by atoms with Crippen LogP contribution < -0.4 is 5.32 Å². The highest BCUT2D eigenvalue weighted by atomic mass is 32.1. The number of carbonyl (C=O) groups excluding carboxylic acids is 1. The number of ether oxygens (including phenoxy) is 1. The van der Waals surface area contributed by atoms with Crippen molar-refractivity contribution in [1.29, 1.82) is 0 Å². The van der Waals surface area contributed by atoms with Gasteiger partial charge in [0, 0.05) is 28.8 Å². The third kappa shape index (κ3) is 3.81. The average molecular weight is 355 g/mol. The lowest BCUT2D eigenvalue weighted by Gasteiger charge is -2.04. The molecule has 126 valence electrons. The van der Waals surface area contributed by atoms with Crippen LogP contribution in [0, 0.1) is 10.1 Å². The van der Waals surface area contributed by atoms with E-state index in [0.29, 0.717) is 27.6 Å². The van der Waals surface area contributed by atoms with E-state index in [2.05, 4.69) is 10.3 Å². The van der Waals surface area contributed by atoms with Crippen molar-refractivity contribution in [3.63, 3.8) is 0 Å². The number of benzene rings is 2. The van der Waals surface area contributed by atoms with Gasteiger partial charge in [0.05, 0.1) is 23.3 Å². The minimum Gasteiger partial charge on any atom is -0.465 e. The SMILES string of the molecule is COC(=O)c1cccc(Nc2nc(-c3cccc([N+](=O)[O-])c3)cs2)c1. The predicted molar refractivity (Wildman–Crippen MR) is 95.3 cm³/mol. The van der Waals surface area contributed by atoms with Crippen LogP contribution in [-0.2, 0) is 4.74 Å².